The van der Waals surface area contributed by atoms with Crippen molar-refractivity contribution >= 4 is 47.2 Å². The maximum atomic E-state index is 12.6. The highest BCUT2D eigenvalue weighted by molar-refractivity contribution is 6.30. The van der Waals surface area contributed by atoms with E-state index in [0.29, 0.717) is 31.2 Å². The van der Waals surface area contributed by atoms with Crippen LogP contribution in [-0.4, -0.2) is 64.2 Å². The molecule has 0 bridgehead atoms. The number of aliphatic imine (C=N–C) groups is 2. The summed E-state index contributed by atoms with van der Waals surface area (Å²) in [7, 11) is 0. The van der Waals surface area contributed by atoms with Crippen molar-refractivity contribution in [3.05, 3.63) is 36.2 Å². The standard InChI is InChI=1S/C22H23N9O3/c1-21(2)14-5-4-13(10-15(14)25-17(21)32)24-19-26-16-11-23-7-9-31(16,29-19)30-8-3-6-22(12-30)18(33)27-20(34)28-22/h4-5,7,9-11H,3,6,8,12H2,1-2H3,(H3-,24,25,27,28,29,32,33,34)/p+1. The molecule has 2 unspecified atom stereocenters. The summed E-state index contributed by atoms with van der Waals surface area (Å²) in [6.07, 6.45) is 6.33. The van der Waals surface area contributed by atoms with Gasteiger partial charge in [0.2, 0.25) is 5.91 Å². The normalized spacial score (nSPS) is 30.9. The third-order valence-corrected chi connectivity index (χ3v) is 7.04. The number of nitrogens with one attached hydrogen (secondary N) is 4. The number of guanidine groups is 1. The largest absolute Gasteiger partial charge is 0.325 e. The van der Waals surface area contributed by atoms with E-state index >= 15 is 0 Å². The minimum Gasteiger partial charge on any atom is -0.325 e. The Labute approximate surface area is 195 Å². The monoisotopic (exact) mass is 462 g/mol. The Balaban J connectivity index is 1.30. The maximum Gasteiger partial charge on any atom is 0.322 e. The number of fused-ring (bicyclic) bond motifs is 2. The number of nitrogens with zero attached hydrogens (tertiary/aromatic N) is 5. The van der Waals surface area contributed by atoms with Crippen molar-refractivity contribution < 1.29 is 19.1 Å². The second kappa shape index (κ2) is 6.81. The molecule has 5 heterocycles. The van der Waals surface area contributed by atoms with E-state index in [0.717, 1.165) is 16.9 Å². The Morgan fingerprint density at radius 1 is 1.15 bits per heavy atom. The lowest BCUT2D eigenvalue weighted by Crippen LogP contribution is -2.67. The fourth-order valence-electron chi connectivity index (χ4n) is 5.13. The number of rotatable bonds is 2. The van der Waals surface area contributed by atoms with Crippen LogP contribution in [0.25, 0.3) is 0 Å². The van der Waals surface area contributed by atoms with Crippen molar-refractivity contribution in [3.63, 3.8) is 0 Å². The molecule has 1 spiro atoms. The van der Waals surface area contributed by atoms with Crippen LogP contribution < -0.4 is 21.3 Å². The van der Waals surface area contributed by atoms with Gasteiger partial charge in [-0.25, -0.2) is 4.79 Å². The average Bonchev–Trinajstić information content (AvgIpc) is 3.37. The van der Waals surface area contributed by atoms with Gasteiger partial charge in [0.25, 0.3) is 11.9 Å². The number of carbonyl (C=O) groups excluding carboxylic acids is 3. The van der Waals surface area contributed by atoms with E-state index in [1.165, 1.54) is 0 Å². The van der Waals surface area contributed by atoms with E-state index in [2.05, 4.69) is 31.3 Å². The number of quaternary nitrogens is 1. The van der Waals surface area contributed by atoms with Gasteiger partial charge >= 0.3 is 11.9 Å². The van der Waals surface area contributed by atoms with Gasteiger partial charge in [-0.15, -0.1) is 10.0 Å². The summed E-state index contributed by atoms with van der Waals surface area (Å²) in [5, 5.41) is 18.2. The van der Waals surface area contributed by atoms with Gasteiger partial charge in [0.15, 0.2) is 6.20 Å². The first-order chi connectivity index (χ1) is 16.2. The zero-order valence-electron chi connectivity index (χ0n) is 18.8. The highest BCUT2D eigenvalue weighted by Crippen LogP contribution is 2.39. The van der Waals surface area contributed by atoms with Crippen LogP contribution >= 0.6 is 0 Å². The van der Waals surface area contributed by atoms with Gasteiger partial charge in [0.05, 0.1) is 24.7 Å². The van der Waals surface area contributed by atoms with Crippen molar-refractivity contribution in [1.29, 1.82) is 0 Å². The minimum absolute atomic E-state index is 0.0387. The second-order valence-corrected chi connectivity index (χ2v) is 9.57. The average molecular weight is 462 g/mol. The number of hydrogen-bond acceptors (Lipinski definition) is 8. The third-order valence-electron chi connectivity index (χ3n) is 7.04. The summed E-state index contributed by atoms with van der Waals surface area (Å²) in [6.45, 7) is 4.71. The molecule has 12 nitrogen and oxygen atoms in total. The first kappa shape index (κ1) is 20.7. The predicted molar refractivity (Wildman–Crippen MR) is 125 cm³/mol. The number of amides is 4. The second-order valence-electron chi connectivity index (χ2n) is 9.57. The Hall–Kier alpha value is -3.90. The Bertz CT molecular complexity index is 1280. The van der Waals surface area contributed by atoms with Gasteiger partial charge in [-0.3, -0.25) is 19.9 Å². The molecule has 6 rings (SSSR count). The molecule has 2 atom stereocenters. The maximum absolute atomic E-state index is 12.6. The smallest absolute Gasteiger partial charge is 0.322 e. The van der Waals surface area contributed by atoms with Crippen molar-refractivity contribution in [2.75, 3.05) is 23.7 Å². The number of imide groups is 1. The van der Waals surface area contributed by atoms with E-state index in [9.17, 15) is 14.4 Å². The number of anilines is 2. The van der Waals surface area contributed by atoms with Gasteiger partial charge in [-0.1, -0.05) is 6.07 Å². The number of urea groups is 1. The predicted octanol–water partition coefficient (Wildman–Crippen LogP) is 0.973. The summed E-state index contributed by atoms with van der Waals surface area (Å²) in [5.74, 6) is 0.583. The van der Waals surface area contributed by atoms with Crippen LogP contribution in [0.2, 0.25) is 0 Å². The van der Waals surface area contributed by atoms with Gasteiger partial charge in [0, 0.05) is 11.4 Å². The lowest BCUT2D eigenvalue weighted by Gasteiger charge is -2.42. The van der Waals surface area contributed by atoms with Crippen LogP contribution in [0.15, 0.2) is 45.7 Å². The fourth-order valence-corrected chi connectivity index (χ4v) is 5.13. The first-order valence-electron chi connectivity index (χ1n) is 11.1. The van der Waals surface area contributed by atoms with Crippen LogP contribution in [0.1, 0.15) is 32.3 Å². The molecule has 12 heteroatoms. The van der Waals surface area contributed by atoms with E-state index in [-0.39, 0.29) is 23.1 Å². The van der Waals surface area contributed by atoms with E-state index in [1.54, 1.807) is 18.6 Å². The summed E-state index contributed by atoms with van der Waals surface area (Å²) < 4.78 is -0.0779. The van der Waals surface area contributed by atoms with Crippen molar-refractivity contribution in [2.24, 2.45) is 15.1 Å². The molecule has 0 aliphatic carbocycles. The highest BCUT2D eigenvalue weighted by atomic mass is 16.2. The van der Waals surface area contributed by atoms with Crippen LogP contribution in [0.4, 0.5) is 16.2 Å². The minimum atomic E-state index is -0.993. The molecular weight excluding hydrogens is 438 g/mol. The van der Waals surface area contributed by atoms with Crippen molar-refractivity contribution in [2.45, 2.75) is 37.6 Å². The molecule has 34 heavy (non-hydrogen) atoms. The molecule has 1 aromatic rings. The quantitative estimate of drug-likeness (QED) is 0.383. The Morgan fingerprint density at radius 3 is 2.79 bits per heavy atom. The molecule has 2 saturated heterocycles. The number of benzene rings is 1. The summed E-state index contributed by atoms with van der Waals surface area (Å²) in [6, 6.07) is 5.21. The molecule has 4 N–H and O–H groups in total. The third kappa shape index (κ3) is 2.85. The number of amidine groups is 1. The zero-order valence-corrected chi connectivity index (χ0v) is 18.8. The summed E-state index contributed by atoms with van der Waals surface area (Å²) >= 11 is 0. The summed E-state index contributed by atoms with van der Waals surface area (Å²) in [4.78, 5) is 45.6. The topological polar surface area (TPSA) is 140 Å². The van der Waals surface area contributed by atoms with Crippen LogP contribution in [0.3, 0.4) is 0 Å². The molecule has 2 fully saturated rings. The van der Waals surface area contributed by atoms with Crippen molar-refractivity contribution in [1.82, 2.24) is 15.6 Å². The van der Waals surface area contributed by atoms with Gasteiger partial charge in [-0.05, 0) is 54.2 Å². The molecule has 174 valence electrons. The molecule has 0 saturated carbocycles. The molecule has 5 aliphatic rings. The number of hydrogen-bond donors (Lipinski definition) is 4. The Morgan fingerprint density at radius 2 is 2.00 bits per heavy atom. The molecule has 5 aliphatic heterocycles. The lowest BCUT2D eigenvalue weighted by atomic mass is 9.86. The fraction of sp³-hybridized carbons (Fsp3) is 0.364. The van der Waals surface area contributed by atoms with E-state index in [1.807, 2.05) is 37.1 Å². The van der Waals surface area contributed by atoms with Gasteiger partial charge in [0.1, 0.15) is 11.8 Å². The lowest BCUT2D eigenvalue weighted by molar-refractivity contribution is -0.919. The van der Waals surface area contributed by atoms with Crippen LogP contribution in [0.5, 0.6) is 0 Å². The SMILES string of the molecule is CC1(C)C(=O)Nc2cc(NC3=N[N+]4(N5CCCC6(C5)NC(=O)NC6=O)C=CN=CC4=N3)ccc21. The zero-order chi connectivity index (χ0) is 23.7. The molecule has 4 amide bonds. The van der Waals surface area contributed by atoms with E-state index in [4.69, 9.17) is 5.10 Å². The first-order valence-corrected chi connectivity index (χ1v) is 11.1. The number of carbonyl (C=O) groups is 3. The molecule has 0 radical (unpaired) electrons. The van der Waals surface area contributed by atoms with Gasteiger partial charge in [-0.2, -0.15) is 0 Å². The van der Waals surface area contributed by atoms with Crippen LogP contribution in [-0.2, 0) is 15.0 Å². The summed E-state index contributed by atoms with van der Waals surface area (Å²) in [5.41, 5.74) is 0.857. The number of piperidine rings is 1. The highest BCUT2D eigenvalue weighted by Gasteiger charge is 2.56. The Kier molecular flexibility index (Phi) is 4.14. The van der Waals surface area contributed by atoms with Crippen LogP contribution in [0, 0.1) is 0 Å². The molecule has 0 aromatic heterocycles. The van der Waals surface area contributed by atoms with Crippen molar-refractivity contribution in [3.8, 4) is 0 Å². The van der Waals surface area contributed by atoms with E-state index < -0.39 is 17.0 Å². The molecule has 1 aromatic carbocycles. The van der Waals surface area contributed by atoms with Gasteiger partial charge < -0.3 is 16.0 Å². The molecular formula is C22H24N9O3+.